The normalized spacial score (nSPS) is 14.6. The van der Waals surface area contributed by atoms with E-state index in [0.29, 0.717) is 37.9 Å². The van der Waals surface area contributed by atoms with Crippen molar-refractivity contribution in [1.29, 1.82) is 0 Å². The Morgan fingerprint density at radius 1 is 0.913 bits per heavy atom. The van der Waals surface area contributed by atoms with Crippen molar-refractivity contribution in [3.8, 4) is 0 Å². The van der Waals surface area contributed by atoms with Crippen molar-refractivity contribution in [2.24, 2.45) is 28.1 Å². The van der Waals surface area contributed by atoms with Gasteiger partial charge in [0.2, 0.25) is 17.7 Å². The fourth-order valence-electron chi connectivity index (χ4n) is 5.41. The first-order valence-electron chi connectivity index (χ1n) is 15.0. The second-order valence-electron chi connectivity index (χ2n) is 11.2. The lowest BCUT2D eigenvalue weighted by atomic mass is 9.94. The number of carbonyl (C=O) groups excluding carboxylic acids is 4. The fourth-order valence-corrected chi connectivity index (χ4v) is 5.41. The molecule has 46 heavy (non-hydrogen) atoms. The third kappa shape index (κ3) is 9.00. The summed E-state index contributed by atoms with van der Waals surface area (Å²) in [7, 11) is 0. The van der Waals surface area contributed by atoms with Crippen LogP contribution in [0, 0.1) is 16.0 Å². The molecule has 2 atom stereocenters. The van der Waals surface area contributed by atoms with Crippen LogP contribution in [-0.4, -0.2) is 71.1 Å². The Morgan fingerprint density at radius 3 is 2.22 bits per heavy atom. The quantitative estimate of drug-likeness (QED) is 0.0607. The van der Waals surface area contributed by atoms with Gasteiger partial charge >= 0.3 is 0 Å². The minimum Gasteiger partial charge on any atom is -0.370 e. The van der Waals surface area contributed by atoms with Crippen LogP contribution in [-0.2, 0) is 20.8 Å². The molecule has 3 aromatic rings. The molecular weight excluding hydrogens is 592 g/mol. The number of nitrogens with zero attached hydrogens (tertiary/aromatic N) is 3. The Morgan fingerprint density at radius 2 is 1.59 bits per heavy atom. The molecule has 0 radical (unpaired) electrons. The summed E-state index contributed by atoms with van der Waals surface area (Å²) in [6.07, 6.45) is 1.47. The number of aliphatic imine (C=N–C) groups is 1. The average molecular weight is 631 g/mol. The van der Waals surface area contributed by atoms with Gasteiger partial charge in [0.05, 0.1) is 4.92 Å². The van der Waals surface area contributed by atoms with E-state index >= 15 is 0 Å². The van der Waals surface area contributed by atoms with Gasteiger partial charge in [0.15, 0.2) is 5.96 Å². The van der Waals surface area contributed by atoms with Crippen LogP contribution in [0.25, 0.3) is 10.8 Å². The number of nitrogens with one attached hydrogen (secondary N) is 2. The summed E-state index contributed by atoms with van der Waals surface area (Å²) >= 11 is 0. The van der Waals surface area contributed by atoms with Gasteiger partial charge in [-0.3, -0.25) is 34.3 Å². The predicted molar refractivity (Wildman–Crippen MR) is 172 cm³/mol. The van der Waals surface area contributed by atoms with Crippen molar-refractivity contribution in [2.75, 3.05) is 19.6 Å². The van der Waals surface area contributed by atoms with Crippen LogP contribution in [0.15, 0.2) is 71.7 Å². The van der Waals surface area contributed by atoms with Gasteiger partial charge in [0, 0.05) is 49.7 Å². The fraction of sp³-hybridized carbons (Fsp3) is 0.344. The number of hydrogen-bond acceptors (Lipinski definition) is 7. The van der Waals surface area contributed by atoms with E-state index in [1.165, 1.54) is 24.3 Å². The van der Waals surface area contributed by atoms with Gasteiger partial charge in [-0.2, -0.15) is 0 Å². The zero-order chi connectivity index (χ0) is 33.2. The first-order chi connectivity index (χ1) is 22.0. The molecule has 4 amide bonds. The number of rotatable bonds is 13. The number of nitrogens with two attached hydrogens (primary N) is 3. The van der Waals surface area contributed by atoms with E-state index < -0.39 is 34.7 Å². The van der Waals surface area contributed by atoms with Crippen molar-refractivity contribution < 1.29 is 24.1 Å². The summed E-state index contributed by atoms with van der Waals surface area (Å²) in [5.41, 5.74) is 17.5. The van der Waals surface area contributed by atoms with Crippen LogP contribution in [0.5, 0.6) is 0 Å². The van der Waals surface area contributed by atoms with Gasteiger partial charge in [-0.05, 0) is 54.2 Å². The molecule has 4 rings (SSSR count). The Kier molecular flexibility index (Phi) is 11.2. The van der Waals surface area contributed by atoms with Crippen molar-refractivity contribution in [3.05, 3.63) is 88.0 Å². The molecule has 1 aliphatic rings. The van der Waals surface area contributed by atoms with Crippen LogP contribution in [0.3, 0.4) is 0 Å². The number of piperidine rings is 1. The number of primary amides is 1. The Bertz CT molecular complexity index is 1610. The number of hydrogen-bond donors (Lipinski definition) is 5. The monoisotopic (exact) mass is 630 g/mol. The molecule has 3 aromatic carbocycles. The highest BCUT2D eigenvalue weighted by Gasteiger charge is 2.31. The summed E-state index contributed by atoms with van der Waals surface area (Å²) in [6.45, 7) is 0.830. The highest BCUT2D eigenvalue weighted by molar-refractivity contribution is 5.95. The molecule has 8 N–H and O–H groups in total. The number of nitro benzene ring substituents is 1. The highest BCUT2D eigenvalue weighted by Crippen LogP contribution is 2.21. The SMILES string of the molecule is NC(=O)[C@H](Cc1ccc2ccccc2c1)NC(=O)[C@H](CCCN=C(N)N)NC(=O)C1CCN(C(=O)c2ccc([N+](=O)[O-])cc2)CC1. The summed E-state index contributed by atoms with van der Waals surface area (Å²) < 4.78 is 0. The predicted octanol–water partition coefficient (Wildman–Crippen LogP) is 1.35. The topological polar surface area (TPSA) is 229 Å². The zero-order valence-corrected chi connectivity index (χ0v) is 25.3. The number of non-ortho nitro benzene ring substituents is 1. The van der Waals surface area contributed by atoms with Crippen molar-refractivity contribution >= 4 is 46.0 Å². The third-order valence-corrected chi connectivity index (χ3v) is 7.97. The van der Waals surface area contributed by atoms with Crippen LogP contribution in [0.4, 0.5) is 5.69 Å². The minimum absolute atomic E-state index is 0.0933. The van der Waals surface area contributed by atoms with Gasteiger partial charge in [-0.25, -0.2) is 0 Å². The molecule has 14 heteroatoms. The number of likely N-dealkylation sites (tertiary alicyclic amines) is 1. The first-order valence-corrected chi connectivity index (χ1v) is 15.0. The van der Waals surface area contributed by atoms with E-state index in [1.54, 1.807) is 4.90 Å². The second kappa shape index (κ2) is 15.5. The molecular formula is C32H38N8O6. The van der Waals surface area contributed by atoms with Crippen molar-refractivity contribution in [3.63, 3.8) is 0 Å². The van der Waals surface area contributed by atoms with Gasteiger partial charge in [-0.15, -0.1) is 0 Å². The third-order valence-electron chi connectivity index (χ3n) is 7.97. The summed E-state index contributed by atoms with van der Waals surface area (Å²) in [4.78, 5) is 68.0. The van der Waals surface area contributed by atoms with Gasteiger partial charge in [0.1, 0.15) is 12.1 Å². The number of nitro groups is 1. The lowest BCUT2D eigenvalue weighted by Gasteiger charge is -2.32. The summed E-state index contributed by atoms with van der Waals surface area (Å²) in [5.74, 6) is -2.46. The van der Waals surface area contributed by atoms with Crippen LogP contribution in [0.2, 0.25) is 0 Å². The molecule has 1 aliphatic heterocycles. The van der Waals surface area contributed by atoms with Crippen LogP contribution >= 0.6 is 0 Å². The highest BCUT2D eigenvalue weighted by atomic mass is 16.6. The van der Waals surface area contributed by atoms with E-state index in [0.717, 1.165) is 16.3 Å². The Balaban J connectivity index is 1.38. The number of fused-ring (bicyclic) bond motifs is 1. The number of benzene rings is 3. The minimum atomic E-state index is -1.01. The number of amides is 4. The Labute approximate surface area is 265 Å². The van der Waals surface area contributed by atoms with Gasteiger partial charge < -0.3 is 32.7 Å². The zero-order valence-electron chi connectivity index (χ0n) is 25.3. The number of carbonyl (C=O) groups is 4. The maximum Gasteiger partial charge on any atom is 0.269 e. The maximum absolute atomic E-state index is 13.5. The van der Waals surface area contributed by atoms with Gasteiger partial charge in [-0.1, -0.05) is 42.5 Å². The van der Waals surface area contributed by atoms with E-state index in [1.807, 2.05) is 42.5 Å². The molecule has 0 aliphatic carbocycles. The van der Waals surface area contributed by atoms with E-state index in [9.17, 15) is 29.3 Å². The van der Waals surface area contributed by atoms with Gasteiger partial charge in [0.25, 0.3) is 11.6 Å². The maximum atomic E-state index is 13.5. The summed E-state index contributed by atoms with van der Waals surface area (Å²) in [5, 5.41) is 18.5. The summed E-state index contributed by atoms with van der Waals surface area (Å²) in [6, 6.07) is 16.9. The molecule has 1 saturated heterocycles. The largest absolute Gasteiger partial charge is 0.370 e. The molecule has 0 saturated carbocycles. The molecule has 0 bridgehead atoms. The van der Waals surface area contributed by atoms with Crippen molar-refractivity contribution in [2.45, 2.75) is 44.2 Å². The Hall–Kier alpha value is -5.53. The smallest absolute Gasteiger partial charge is 0.269 e. The molecule has 1 heterocycles. The average Bonchev–Trinajstić information content (AvgIpc) is 3.05. The number of guanidine groups is 1. The molecule has 0 spiro atoms. The molecule has 1 fully saturated rings. The molecule has 0 aromatic heterocycles. The van der Waals surface area contributed by atoms with E-state index in [-0.39, 0.29) is 42.8 Å². The lowest BCUT2D eigenvalue weighted by molar-refractivity contribution is -0.384. The lowest BCUT2D eigenvalue weighted by Crippen LogP contribution is -2.55. The molecule has 0 unspecified atom stereocenters. The van der Waals surface area contributed by atoms with Crippen LogP contribution < -0.4 is 27.8 Å². The van der Waals surface area contributed by atoms with Crippen LogP contribution in [0.1, 0.15) is 41.6 Å². The molecule has 14 nitrogen and oxygen atoms in total. The van der Waals surface area contributed by atoms with E-state index in [4.69, 9.17) is 17.2 Å². The van der Waals surface area contributed by atoms with Crippen molar-refractivity contribution in [1.82, 2.24) is 15.5 Å². The second-order valence-corrected chi connectivity index (χ2v) is 11.2. The molecule has 242 valence electrons. The standard InChI is InChI=1S/C32H38N8O6/c33-28(41)27(19-20-7-8-21-4-1-2-5-24(21)18-20)38-30(43)26(6-3-15-36-32(34)35)37-29(42)22-13-16-39(17-14-22)31(44)23-9-11-25(12-10-23)40(45)46/h1-2,4-5,7-12,18,22,26-27H,3,6,13-17,19H2,(H2,33,41)(H,37,42)(H,38,43)(H4,34,35,36)/t26-,27-/m0/s1. The van der Waals surface area contributed by atoms with E-state index in [2.05, 4.69) is 15.6 Å². The first kappa shape index (κ1) is 33.4.